The maximum absolute atomic E-state index is 11.1. The zero-order chi connectivity index (χ0) is 10.1. The number of hydrogen-bond acceptors (Lipinski definition) is 3. The fraction of sp³-hybridized carbons (Fsp3) is 0.875. The summed E-state index contributed by atoms with van der Waals surface area (Å²) in [4.78, 5) is 11.1. The first-order chi connectivity index (χ1) is 6.24. The van der Waals surface area contributed by atoms with Crippen LogP contribution in [0, 0.1) is 0 Å². The molecule has 0 aromatic rings. The van der Waals surface area contributed by atoms with Gasteiger partial charge in [0.05, 0.1) is 12.6 Å². The number of urea groups is 1. The Bertz CT molecular complexity index is 135. The summed E-state index contributed by atoms with van der Waals surface area (Å²) in [6.07, 6.45) is 0.727. The van der Waals surface area contributed by atoms with E-state index < -0.39 is 0 Å². The van der Waals surface area contributed by atoms with Crippen LogP contribution in [0.25, 0.3) is 0 Å². The standard InChI is InChI=1S/C8H19N3O2/c1-3-10-8(12)11-7(4-5-9)6-13-2/h7H,3-6,9H2,1-2H3,(H2,10,11,12). The Hall–Kier alpha value is -0.810. The number of methoxy groups -OCH3 is 1. The van der Waals surface area contributed by atoms with Crippen molar-refractivity contribution >= 4 is 6.03 Å². The van der Waals surface area contributed by atoms with Crippen molar-refractivity contribution in [2.45, 2.75) is 19.4 Å². The maximum Gasteiger partial charge on any atom is 0.315 e. The van der Waals surface area contributed by atoms with Crippen molar-refractivity contribution in [3.63, 3.8) is 0 Å². The zero-order valence-corrected chi connectivity index (χ0v) is 8.30. The molecule has 13 heavy (non-hydrogen) atoms. The van der Waals surface area contributed by atoms with Crippen LogP contribution in [0.1, 0.15) is 13.3 Å². The Morgan fingerprint density at radius 3 is 2.77 bits per heavy atom. The highest BCUT2D eigenvalue weighted by Crippen LogP contribution is 1.90. The highest BCUT2D eigenvalue weighted by atomic mass is 16.5. The summed E-state index contributed by atoms with van der Waals surface area (Å²) < 4.78 is 4.94. The number of hydrogen-bond donors (Lipinski definition) is 3. The Morgan fingerprint density at radius 2 is 2.31 bits per heavy atom. The van der Waals surface area contributed by atoms with Gasteiger partial charge < -0.3 is 21.1 Å². The van der Waals surface area contributed by atoms with E-state index in [1.807, 2.05) is 6.92 Å². The van der Waals surface area contributed by atoms with E-state index in [2.05, 4.69) is 10.6 Å². The first-order valence-corrected chi connectivity index (χ1v) is 4.48. The van der Waals surface area contributed by atoms with Gasteiger partial charge in [0.25, 0.3) is 0 Å². The number of ether oxygens (including phenoxy) is 1. The Labute approximate surface area is 79.0 Å². The van der Waals surface area contributed by atoms with Crippen molar-refractivity contribution in [2.24, 2.45) is 5.73 Å². The second-order valence-electron chi connectivity index (χ2n) is 2.73. The average Bonchev–Trinajstić information content (AvgIpc) is 2.05. The van der Waals surface area contributed by atoms with Crippen LogP contribution in [0.2, 0.25) is 0 Å². The number of carbonyl (C=O) groups is 1. The van der Waals surface area contributed by atoms with Gasteiger partial charge in [0.15, 0.2) is 0 Å². The lowest BCUT2D eigenvalue weighted by Gasteiger charge is -2.16. The van der Waals surface area contributed by atoms with Crippen molar-refractivity contribution < 1.29 is 9.53 Å². The third-order valence-electron chi connectivity index (χ3n) is 1.56. The first-order valence-electron chi connectivity index (χ1n) is 4.48. The van der Waals surface area contributed by atoms with E-state index in [9.17, 15) is 4.79 Å². The van der Waals surface area contributed by atoms with E-state index in [1.165, 1.54) is 0 Å². The largest absolute Gasteiger partial charge is 0.383 e. The van der Waals surface area contributed by atoms with E-state index in [4.69, 9.17) is 10.5 Å². The van der Waals surface area contributed by atoms with Crippen LogP contribution in [-0.2, 0) is 4.74 Å². The molecule has 4 N–H and O–H groups in total. The zero-order valence-electron chi connectivity index (χ0n) is 8.30. The summed E-state index contributed by atoms with van der Waals surface area (Å²) in [6.45, 7) is 3.52. The lowest BCUT2D eigenvalue weighted by molar-refractivity contribution is 0.163. The predicted octanol–water partition coefficient (Wildman–Crippen LogP) is -0.331. The van der Waals surface area contributed by atoms with E-state index in [-0.39, 0.29) is 12.1 Å². The predicted molar refractivity (Wildman–Crippen MR) is 51.5 cm³/mol. The molecule has 0 spiro atoms. The molecule has 1 atom stereocenters. The molecule has 0 heterocycles. The van der Waals surface area contributed by atoms with Crippen molar-refractivity contribution in [1.29, 1.82) is 0 Å². The van der Waals surface area contributed by atoms with E-state index >= 15 is 0 Å². The summed E-state index contributed by atoms with van der Waals surface area (Å²) in [6, 6.07) is -0.167. The van der Waals surface area contributed by atoms with Crippen LogP contribution < -0.4 is 16.4 Å². The molecule has 0 aliphatic rings. The summed E-state index contributed by atoms with van der Waals surface area (Å²) in [5.74, 6) is 0. The lowest BCUT2D eigenvalue weighted by Crippen LogP contribution is -2.44. The molecule has 5 heteroatoms. The van der Waals surface area contributed by atoms with Crippen LogP contribution in [0.5, 0.6) is 0 Å². The summed E-state index contributed by atoms with van der Waals surface area (Å²) in [7, 11) is 1.60. The fourth-order valence-electron chi connectivity index (χ4n) is 0.997. The van der Waals surface area contributed by atoms with E-state index in [0.717, 1.165) is 6.42 Å². The molecular weight excluding hydrogens is 170 g/mol. The van der Waals surface area contributed by atoms with Gasteiger partial charge in [-0.15, -0.1) is 0 Å². The molecule has 1 unspecified atom stereocenters. The number of nitrogens with two attached hydrogens (primary N) is 1. The molecule has 0 aromatic heterocycles. The molecule has 5 nitrogen and oxygen atoms in total. The highest BCUT2D eigenvalue weighted by Gasteiger charge is 2.09. The Kier molecular flexibility index (Phi) is 7.33. The van der Waals surface area contributed by atoms with Gasteiger partial charge in [0.1, 0.15) is 0 Å². The van der Waals surface area contributed by atoms with Crippen molar-refractivity contribution in [3.8, 4) is 0 Å². The average molecular weight is 189 g/mol. The summed E-state index contributed by atoms with van der Waals surface area (Å²) in [5.41, 5.74) is 5.38. The summed E-state index contributed by atoms with van der Waals surface area (Å²) in [5, 5.41) is 5.41. The summed E-state index contributed by atoms with van der Waals surface area (Å²) >= 11 is 0. The van der Waals surface area contributed by atoms with Gasteiger partial charge >= 0.3 is 6.03 Å². The van der Waals surface area contributed by atoms with Crippen molar-refractivity contribution in [3.05, 3.63) is 0 Å². The maximum atomic E-state index is 11.1. The molecule has 0 fully saturated rings. The van der Waals surface area contributed by atoms with Crippen LogP contribution >= 0.6 is 0 Å². The normalized spacial score (nSPS) is 12.2. The monoisotopic (exact) mass is 189 g/mol. The van der Waals surface area contributed by atoms with Crippen LogP contribution in [0.15, 0.2) is 0 Å². The van der Waals surface area contributed by atoms with E-state index in [0.29, 0.717) is 19.7 Å². The Balaban J connectivity index is 3.71. The van der Waals surface area contributed by atoms with E-state index in [1.54, 1.807) is 7.11 Å². The van der Waals surface area contributed by atoms with Crippen LogP contribution in [-0.4, -0.2) is 38.9 Å². The SMILES string of the molecule is CCNC(=O)NC(CCN)COC. The molecule has 0 aliphatic carbocycles. The minimum atomic E-state index is -0.169. The molecule has 0 aliphatic heterocycles. The molecule has 0 saturated heterocycles. The number of carbonyl (C=O) groups excluding carboxylic acids is 1. The highest BCUT2D eigenvalue weighted by molar-refractivity contribution is 5.74. The lowest BCUT2D eigenvalue weighted by atomic mass is 10.2. The Morgan fingerprint density at radius 1 is 1.62 bits per heavy atom. The van der Waals surface area contributed by atoms with Crippen LogP contribution in [0.4, 0.5) is 4.79 Å². The minimum absolute atomic E-state index is 0.00144. The first kappa shape index (κ1) is 12.2. The fourth-order valence-corrected chi connectivity index (χ4v) is 0.997. The van der Waals surface area contributed by atoms with Crippen LogP contribution in [0.3, 0.4) is 0 Å². The molecule has 0 aromatic carbocycles. The van der Waals surface area contributed by atoms with Crippen molar-refractivity contribution in [2.75, 3.05) is 26.8 Å². The van der Waals surface area contributed by atoms with Gasteiger partial charge in [-0.1, -0.05) is 0 Å². The molecular formula is C8H19N3O2. The minimum Gasteiger partial charge on any atom is -0.383 e. The third-order valence-corrected chi connectivity index (χ3v) is 1.56. The molecule has 0 bridgehead atoms. The molecule has 0 radical (unpaired) electrons. The molecule has 0 saturated carbocycles. The quantitative estimate of drug-likeness (QED) is 0.535. The van der Waals surface area contributed by atoms with Gasteiger partial charge in [-0.25, -0.2) is 4.79 Å². The number of amides is 2. The number of rotatable bonds is 6. The van der Waals surface area contributed by atoms with Gasteiger partial charge in [0, 0.05) is 13.7 Å². The molecule has 78 valence electrons. The smallest absolute Gasteiger partial charge is 0.315 e. The topological polar surface area (TPSA) is 76.4 Å². The van der Waals surface area contributed by atoms with Gasteiger partial charge in [0.2, 0.25) is 0 Å². The molecule has 2 amide bonds. The van der Waals surface area contributed by atoms with Gasteiger partial charge in [-0.3, -0.25) is 0 Å². The van der Waals surface area contributed by atoms with Gasteiger partial charge in [-0.05, 0) is 19.9 Å². The number of nitrogens with one attached hydrogen (secondary N) is 2. The molecule has 0 rings (SSSR count). The second kappa shape index (κ2) is 7.82. The van der Waals surface area contributed by atoms with Crippen molar-refractivity contribution in [1.82, 2.24) is 10.6 Å². The van der Waals surface area contributed by atoms with Gasteiger partial charge in [-0.2, -0.15) is 0 Å². The second-order valence-corrected chi connectivity index (χ2v) is 2.73. The third kappa shape index (κ3) is 6.36.